The molecule has 0 saturated heterocycles. The van der Waals surface area contributed by atoms with Gasteiger partial charge in [-0.15, -0.1) is 0 Å². The van der Waals surface area contributed by atoms with Crippen molar-refractivity contribution in [3.63, 3.8) is 0 Å². The van der Waals surface area contributed by atoms with E-state index in [9.17, 15) is 10.1 Å². The molecule has 0 radical (unpaired) electrons. The Labute approximate surface area is 129 Å². The minimum Gasteiger partial charge on any atom is -0.492 e. The van der Waals surface area contributed by atoms with Crippen LogP contribution in [0.4, 0.5) is 0 Å². The van der Waals surface area contributed by atoms with Gasteiger partial charge in [-0.05, 0) is 34.5 Å². The second kappa shape index (κ2) is 7.65. The van der Waals surface area contributed by atoms with Crippen molar-refractivity contribution in [1.29, 1.82) is 0 Å². The Kier molecular flexibility index (Phi) is 6.51. The van der Waals surface area contributed by atoms with Gasteiger partial charge in [-0.2, -0.15) is 0 Å². The average Bonchev–Trinajstić information content (AvgIpc) is 2.34. The van der Waals surface area contributed by atoms with Crippen LogP contribution in [0.3, 0.4) is 0 Å². The SMILES string of the molecule is CCCOc1c(Br)cc(Br)cc1C=C(CC)[N+](=O)[O-]. The fraction of sp³-hybridized carbons (Fsp3) is 0.385. The number of hydrogen-bond acceptors (Lipinski definition) is 3. The molecule has 0 heterocycles. The Morgan fingerprint density at radius 1 is 1.42 bits per heavy atom. The summed E-state index contributed by atoms with van der Waals surface area (Å²) in [5, 5.41) is 10.9. The normalized spacial score (nSPS) is 11.5. The maximum absolute atomic E-state index is 10.9. The van der Waals surface area contributed by atoms with E-state index in [0.29, 0.717) is 24.3 Å². The molecule has 0 saturated carbocycles. The molecule has 4 nitrogen and oxygen atoms in total. The van der Waals surface area contributed by atoms with E-state index in [2.05, 4.69) is 31.9 Å². The van der Waals surface area contributed by atoms with Crippen LogP contribution < -0.4 is 4.74 Å². The number of allylic oxidation sites excluding steroid dienone is 1. The largest absolute Gasteiger partial charge is 0.492 e. The molecule has 0 amide bonds. The lowest BCUT2D eigenvalue weighted by Crippen LogP contribution is -2.00. The predicted molar refractivity (Wildman–Crippen MR) is 82.9 cm³/mol. The fourth-order valence-corrected chi connectivity index (χ4v) is 2.88. The van der Waals surface area contributed by atoms with Crippen molar-refractivity contribution in [2.75, 3.05) is 6.61 Å². The first kappa shape index (κ1) is 16.2. The Morgan fingerprint density at radius 3 is 2.63 bits per heavy atom. The van der Waals surface area contributed by atoms with Crippen LogP contribution in [0.5, 0.6) is 5.75 Å². The molecule has 0 aliphatic rings. The van der Waals surface area contributed by atoms with Crippen molar-refractivity contribution in [3.8, 4) is 5.75 Å². The molecule has 1 rings (SSSR count). The van der Waals surface area contributed by atoms with E-state index >= 15 is 0 Å². The van der Waals surface area contributed by atoms with E-state index in [0.717, 1.165) is 15.4 Å². The van der Waals surface area contributed by atoms with Crippen LogP contribution in [0.15, 0.2) is 26.8 Å². The van der Waals surface area contributed by atoms with Crippen LogP contribution >= 0.6 is 31.9 Å². The van der Waals surface area contributed by atoms with Crippen molar-refractivity contribution in [2.24, 2.45) is 0 Å². The lowest BCUT2D eigenvalue weighted by atomic mass is 10.1. The molecule has 104 valence electrons. The predicted octanol–water partition coefficient (Wildman–Crippen LogP) is 5.03. The zero-order valence-corrected chi connectivity index (χ0v) is 14.0. The lowest BCUT2D eigenvalue weighted by molar-refractivity contribution is -0.425. The van der Waals surface area contributed by atoms with Gasteiger partial charge in [0.25, 0.3) is 0 Å². The molecule has 0 aromatic heterocycles. The van der Waals surface area contributed by atoms with Gasteiger partial charge in [0.2, 0.25) is 5.70 Å². The molecule has 0 atom stereocenters. The first-order valence-electron chi connectivity index (χ1n) is 5.96. The third kappa shape index (κ3) is 4.62. The van der Waals surface area contributed by atoms with Crippen molar-refractivity contribution >= 4 is 37.9 Å². The smallest absolute Gasteiger partial charge is 0.246 e. The third-order valence-corrected chi connectivity index (χ3v) is 3.45. The Balaban J connectivity index is 3.27. The number of benzene rings is 1. The lowest BCUT2D eigenvalue weighted by Gasteiger charge is -2.11. The fourth-order valence-electron chi connectivity index (χ4n) is 1.51. The van der Waals surface area contributed by atoms with Crippen LogP contribution in [0, 0.1) is 10.1 Å². The average molecular weight is 393 g/mol. The number of rotatable bonds is 6. The monoisotopic (exact) mass is 391 g/mol. The molecule has 6 heteroatoms. The van der Waals surface area contributed by atoms with E-state index in [1.165, 1.54) is 0 Å². The van der Waals surface area contributed by atoms with Gasteiger partial charge in [0.15, 0.2) is 0 Å². The molecule has 1 aromatic carbocycles. The van der Waals surface area contributed by atoms with E-state index in [1.54, 1.807) is 13.0 Å². The first-order valence-corrected chi connectivity index (χ1v) is 7.55. The minimum atomic E-state index is -0.363. The highest BCUT2D eigenvalue weighted by molar-refractivity contribution is 9.11. The van der Waals surface area contributed by atoms with Crippen LogP contribution in [0.2, 0.25) is 0 Å². The summed E-state index contributed by atoms with van der Waals surface area (Å²) in [7, 11) is 0. The summed E-state index contributed by atoms with van der Waals surface area (Å²) in [5.41, 5.74) is 0.856. The molecule has 0 N–H and O–H groups in total. The molecular formula is C13H15Br2NO3. The van der Waals surface area contributed by atoms with Crippen molar-refractivity contribution in [3.05, 3.63) is 42.5 Å². The van der Waals surface area contributed by atoms with Crippen LogP contribution in [-0.4, -0.2) is 11.5 Å². The topological polar surface area (TPSA) is 52.4 Å². The zero-order chi connectivity index (χ0) is 14.4. The second-order valence-electron chi connectivity index (χ2n) is 3.90. The summed E-state index contributed by atoms with van der Waals surface area (Å²) in [4.78, 5) is 10.5. The molecule has 0 bridgehead atoms. The van der Waals surface area contributed by atoms with Gasteiger partial charge in [0, 0.05) is 22.5 Å². The van der Waals surface area contributed by atoms with Crippen LogP contribution in [0.25, 0.3) is 6.08 Å². The summed E-state index contributed by atoms with van der Waals surface area (Å²) in [6, 6.07) is 3.68. The standard InChI is InChI=1S/C13H15Br2NO3/c1-3-5-19-13-9(6-10(14)8-12(13)15)7-11(4-2)16(17)18/h6-8H,3-5H2,1-2H3. The maximum Gasteiger partial charge on any atom is 0.246 e. The van der Waals surface area contributed by atoms with E-state index in [1.807, 2.05) is 19.1 Å². The van der Waals surface area contributed by atoms with E-state index in [-0.39, 0.29) is 10.6 Å². The van der Waals surface area contributed by atoms with Gasteiger partial charge in [0.1, 0.15) is 5.75 Å². The number of ether oxygens (including phenoxy) is 1. The van der Waals surface area contributed by atoms with Gasteiger partial charge < -0.3 is 4.74 Å². The Bertz CT molecular complexity index is 501. The third-order valence-electron chi connectivity index (χ3n) is 2.41. The summed E-state index contributed by atoms with van der Waals surface area (Å²) in [6.45, 7) is 4.34. The van der Waals surface area contributed by atoms with Gasteiger partial charge in [0.05, 0.1) is 16.0 Å². The van der Waals surface area contributed by atoms with Crippen LogP contribution in [0.1, 0.15) is 32.3 Å². The van der Waals surface area contributed by atoms with Crippen LogP contribution in [-0.2, 0) is 0 Å². The highest BCUT2D eigenvalue weighted by atomic mass is 79.9. The number of nitro groups is 1. The molecule has 0 aliphatic heterocycles. The molecule has 1 aromatic rings. The summed E-state index contributed by atoms with van der Waals surface area (Å²) in [6.07, 6.45) is 2.80. The van der Waals surface area contributed by atoms with E-state index in [4.69, 9.17) is 4.74 Å². The maximum atomic E-state index is 10.9. The van der Waals surface area contributed by atoms with E-state index < -0.39 is 0 Å². The molecule has 0 spiro atoms. The molecule has 0 unspecified atom stereocenters. The summed E-state index contributed by atoms with van der Waals surface area (Å²) < 4.78 is 7.28. The van der Waals surface area contributed by atoms with Crippen molar-refractivity contribution in [2.45, 2.75) is 26.7 Å². The van der Waals surface area contributed by atoms with Gasteiger partial charge in [-0.3, -0.25) is 10.1 Å². The second-order valence-corrected chi connectivity index (χ2v) is 5.67. The molecule has 0 fully saturated rings. The zero-order valence-electron chi connectivity index (χ0n) is 10.8. The number of nitrogens with zero attached hydrogens (tertiary/aromatic N) is 1. The summed E-state index contributed by atoms with van der Waals surface area (Å²) >= 11 is 6.80. The van der Waals surface area contributed by atoms with Crippen molar-refractivity contribution in [1.82, 2.24) is 0 Å². The Morgan fingerprint density at radius 2 is 2.11 bits per heavy atom. The highest BCUT2D eigenvalue weighted by Gasteiger charge is 2.13. The molecule has 19 heavy (non-hydrogen) atoms. The number of hydrogen-bond donors (Lipinski definition) is 0. The van der Waals surface area contributed by atoms with Gasteiger partial charge in [-0.25, -0.2) is 0 Å². The quantitative estimate of drug-likeness (QED) is 0.504. The first-order chi connectivity index (χ1) is 8.99. The van der Waals surface area contributed by atoms with Gasteiger partial charge >= 0.3 is 0 Å². The summed E-state index contributed by atoms with van der Waals surface area (Å²) in [5.74, 6) is 0.637. The van der Waals surface area contributed by atoms with Gasteiger partial charge in [-0.1, -0.05) is 29.8 Å². The highest BCUT2D eigenvalue weighted by Crippen LogP contribution is 2.34. The minimum absolute atomic E-state index is 0.159. The number of halogens is 2. The molecule has 0 aliphatic carbocycles. The Hall–Kier alpha value is -0.880. The molecular weight excluding hydrogens is 378 g/mol. The van der Waals surface area contributed by atoms with Crippen molar-refractivity contribution < 1.29 is 9.66 Å².